The van der Waals surface area contributed by atoms with E-state index in [1.807, 2.05) is 19.1 Å². The molecule has 0 aliphatic carbocycles. The van der Waals surface area contributed by atoms with Crippen molar-refractivity contribution in [3.63, 3.8) is 0 Å². The van der Waals surface area contributed by atoms with Crippen LogP contribution in [0.5, 0.6) is 0 Å². The third kappa shape index (κ3) is 2.58. The summed E-state index contributed by atoms with van der Waals surface area (Å²) in [5, 5.41) is 6.20. The number of rotatable bonds is 3. The number of amides is 1. The highest BCUT2D eigenvalue weighted by Crippen LogP contribution is 2.12. The second-order valence-corrected chi connectivity index (χ2v) is 4.16. The minimum absolute atomic E-state index is 0.00992. The first kappa shape index (κ1) is 11.1. The molecule has 1 aliphatic heterocycles. The molecule has 4 nitrogen and oxygen atoms in total. The van der Waals surface area contributed by atoms with E-state index in [9.17, 15) is 4.79 Å². The summed E-state index contributed by atoms with van der Waals surface area (Å²) in [7, 11) is 0. The van der Waals surface area contributed by atoms with E-state index in [4.69, 9.17) is 0 Å². The van der Waals surface area contributed by atoms with Crippen molar-refractivity contribution in [2.24, 2.45) is 0 Å². The van der Waals surface area contributed by atoms with Gasteiger partial charge in [-0.2, -0.15) is 0 Å². The van der Waals surface area contributed by atoms with Crippen LogP contribution in [-0.2, 0) is 4.79 Å². The van der Waals surface area contributed by atoms with Crippen molar-refractivity contribution in [1.82, 2.24) is 15.6 Å². The average molecular weight is 219 g/mol. The van der Waals surface area contributed by atoms with Crippen LogP contribution in [0.2, 0.25) is 0 Å². The fourth-order valence-electron chi connectivity index (χ4n) is 1.96. The highest BCUT2D eigenvalue weighted by atomic mass is 16.2. The van der Waals surface area contributed by atoms with Crippen molar-refractivity contribution in [2.75, 3.05) is 6.54 Å². The first-order valence-electron chi connectivity index (χ1n) is 5.71. The zero-order valence-electron chi connectivity index (χ0n) is 9.44. The van der Waals surface area contributed by atoms with E-state index >= 15 is 0 Å². The van der Waals surface area contributed by atoms with Crippen LogP contribution in [0.25, 0.3) is 0 Å². The smallest absolute Gasteiger partial charge is 0.237 e. The molecule has 1 amide bonds. The second kappa shape index (κ2) is 5.07. The van der Waals surface area contributed by atoms with Crippen LogP contribution in [0.15, 0.2) is 24.5 Å². The Labute approximate surface area is 95.5 Å². The standard InChI is InChI=1S/C12H17N3O/c1-9(10-4-7-13-8-5-10)15-12(16)11-3-2-6-14-11/h4-5,7-9,11,14H,2-3,6H2,1H3,(H,15,16)/t9-,11?/m1/s1. The van der Waals surface area contributed by atoms with Crippen molar-refractivity contribution in [1.29, 1.82) is 0 Å². The van der Waals surface area contributed by atoms with Crippen molar-refractivity contribution in [2.45, 2.75) is 31.8 Å². The number of carbonyl (C=O) groups is 1. The summed E-state index contributed by atoms with van der Waals surface area (Å²) >= 11 is 0. The number of nitrogens with one attached hydrogen (secondary N) is 2. The van der Waals surface area contributed by atoms with Crippen molar-refractivity contribution in [3.05, 3.63) is 30.1 Å². The summed E-state index contributed by atoms with van der Waals surface area (Å²) in [5.74, 6) is 0.0989. The lowest BCUT2D eigenvalue weighted by Gasteiger charge is -2.17. The molecule has 1 aromatic heterocycles. The van der Waals surface area contributed by atoms with E-state index in [0.29, 0.717) is 0 Å². The Hall–Kier alpha value is -1.42. The van der Waals surface area contributed by atoms with Crippen molar-refractivity contribution >= 4 is 5.91 Å². The topological polar surface area (TPSA) is 54.0 Å². The van der Waals surface area contributed by atoms with E-state index in [0.717, 1.165) is 24.9 Å². The highest BCUT2D eigenvalue weighted by Gasteiger charge is 2.23. The molecule has 1 fully saturated rings. The van der Waals surface area contributed by atoms with Crippen LogP contribution >= 0.6 is 0 Å². The summed E-state index contributed by atoms with van der Waals surface area (Å²) in [5.41, 5.74) is 1.08. The molecule has 1 unspecified atom stereocenters. The lowest BCUT2D eigenvalue weighted by atomic mass is 10.1. The lowest BCUT2D eigenvalue weighted by Crippen LogP contribution is -2.41. The molecule has 0 saturated carbocycles. The van der Waals surface area contributed by atoms with Gasteiger partial charge in [-0.15, -0.1) is 0 Å². The van der Waals surface area contributed by atoms with Crippen molar-refractivity contribution in [3.8, 4) is 0 Å². The predicted octanol–water partition coefficient (Wildman–Crippen LogP) is 1.01. The predicted molar refractivity (Wildman–Crippen MR) is 61.8 cm³/mol. The molecule has 0 radical (unpaired) electrons. The first-order valence-corrected chi connectivity index (χ1v) is 5.71. The van der Waals surface area contributed by atoms with E-state index < -0.39 is 0 Å². The second-order valence-electron chi connectivity index (χ2n) is 4.16. The summed E-state index contributed by atoms with van der Waals surface area (Å²) in [6, 6.07) is 3.88. The Kier molecular flexibility index (Phi) is 3.51. The third-order valence-corrected chi connectivity index (χ3v) is 2.94. The number of carbonyl (C=O) groups excluding carboxylic acids is 1. The van der Waals surface area contributed by atoms with Crippen molar-refractivity contribution < 1.29 is 4.79 Å². The number of hydrogen-bond donors (Lipinski definition) is 2. The molecule has 16 heavy (non-hydrogen) atoms. The largest absolute Gasteiger partial charge is 0.348 e. The zero-order valence-corrected chi connectivity index (χ0v) is 9.44. The first-order chi connectivity index (χ1) is 7.77. The molecule has 0 bridgehead atoms. The monoisotopic (exact) mass is 219 g/mol. The SMILES string of the molecule is C[C@@H](NC(=O)C1CCCN1)c1ccncc1. The number of hydrogen-bond acceptors (Lipinski definition) is 3. The van der Waals surface area contributed by atoms with Gasteiger partial charge < -0.3 is 10.6 Å². The fraction of sp³-hybridized carbons (Fsp3) is 0.500. The van der Waals surface area contributed by atoms with Crippen LogP contribution in [0.1, 0.15) is 31.4 Å². The Morgan fingerprint density at radius 2 is 2.31 bits per heavy atom. The van der Waals surface area contributed by atoms with Crippen LogP contribution in [-0.4, -0.2) is 23.5 Å². The highest BCUT2D eigenvalue weighted by molar-refractivity contribution is 5.82. The van der Waals surface area contributed by atoms with E-state index in [-0.39, 0.29) is 18.0 Å². The van der Waals surface area contributed by atoms with E-state index in [2.05, 4.69) is 15.6 Å². The summed E-state index contributed by atoms with van der Waals surface area (Å²) in [6.07, 6.45) is 5.51. The number of pyridine rings is 1. The molecule has 2 N–H and O–H groups in total. The van der Waals surface area contributed by atoms with Gasteiger partial charge in [0.25, 0.3) is 0 Å². The molecule has 0 aromatic carbocycles. The Morgan fingerprint density at radius 1 is 1.56 bits per heavy atom. The molecular weight excluding hydrogens is 202 g/mol. The lowest BCUT2D eigenvalue weighted by molar-refractivity contribution is -0.123. The van der Waals surface area contributed by atoms with Gasteiger partial charge >= 0.3 is 0 Å². The maximum atomic E-state index is 11.8. The molecule has 4 heteroatoms. The maximum absolute atomic E-state index is 11.8. The minimum atomic E-state index is -0.00992. The van der Waals surface area contributed by atoms with Gasteiger partial charge in [0.15, 0.2) is 0 Å². The quantitative estimate of drug-likeness (QED) is 0.797. The van der Waals surface area contributed by atoms with Crippen LogP contribution < -0.4 is 10.6 Å². The van der Waals surface area contributed by atoms with E-state index in [1.54, 1.807) is 12.4 Å². The Morgan fingerprint density at radius 3 is 2.94 bits per heavy atom. The van der Waals surface area contributed by atoms with Crippen LogP contribution in [0, 0.1) is 0 Å². The van der Waals surface area contributed by atoms with Crippen LogP contribution in [0.3, 0.4) is 0 Å². The van der Waals surface area contributed by atoms with Gasteiger partial charge in [-0.25, -0.2) is 0 Å². The maximum Gasteiger partial charge on any atom is 0.237 e. The Balaban J connectivity index is 1.92. The fourth-order valence-corrected chi connectivity index (χ4v) is 1.96. The average Bonchev–Trinajstić information content (AvgIpc) is 2.83. The number of nitrogens with zero attached hydrogens (tertiary/aromatic N) is 1. The summed E-state index contributed by atoms with van der Waals surface area (Å²) < 4.78 is 0. The Bertz CT molecular complexity index is 347. The number of aromatic nitrogens is 1. The minimum Gasteiger partial charge on any atom is -0.348 e. The molecule has 2 atom stereocenters. The van der Waals surface area contributed by atoms with Crippen LogP contribution in [0.4, 0.5) is 0 Å². The normalized spacial score (nSPS) is 21.7. The third-order valence-electron chi connectivity index (χ3n) is 2.94. The zero-order chi connectivity index (χ0) is 11.4. The van der Waals surface area contributed by atoms with Gasteiger partial charge in [-0.05, 0) is 44.0 Å². The van der Waals surface area contributed by atoms with Gasteiger partial charge in [0.05, 0.1) is 12.1 Å². The molecule has 1 saturated heterocycles. The molecule has 1 aliphatic rings. The molecular formula is C12H17N3O. The van der Waals surface area contributed by atoms with Gasteiger partial charge in [-0.1, -0.05) is 0 Å². The van der Waals surface area contributed by atoms with Gasteiger partial charge in [0, 0.05) is 12.4 Å². The van der Waals surface area contributed by atoms with E-state index in [1.165, 1.54) is 0 Å². The summed E-state index contributed by atoms with van der Waals surface area (Å²) in [4.78, 5) is 15.8. The van der Waals surface area contributed by atoms with Gasteiger partial charge in [0.2, 0.25) is 5.91 Å². The molecule has 86 valence electrons. The molecule has 0 spiro atoms. The van der Waals surface area contributed by atoms with Gasteiger partial charge in [0.1, 0.15) is 0 Å². The summed E-state index contributed by atoms with van der Waals surface area (Å²) in [6.45, 7) is 2.93. The molecule has 2 rings (SSSR count). The molecule has 2 heterocycles. The van der Waals surface area contributed by atoms with Gasteiger partial charge in [-0.3, -0.25) is 9.78 Å². The molecule has 1 aromatic rings.